The van der Waals surface area contributed by atoms with Gasteiger partial charge in [0.1, 0.15) is 6.26 Å². The van der Waals surface area contributed by atoms with Crippen molar-refractivity contribution in [3.63, 3.8) is 0 Å². The van der Waals surface area contributed by atoms with E-state index in [2.05, 4.69) is 5.16 Å². The fourth-order valence-corrected chi connectivity index (χ4v) is 3.68. The third-order valence-corrected chi connectivity index (χ3v) is 4.95. The van der Waals surface area contributed by atoms with Crippen LogP contribution in [0, 0.1) is 13.8 Å². The number of aryl methyl sites for hydroxylation is 1. The molecule has 1 aliphatic heterocycles. The standard InChI is InChI=1S/C20H22N4O3/c1-14-20(15(2)24(21-14)17-6-4-3-5-7-17)18-13-26-11-9-23(18)19(25)12-16-8-10-27-22-16/h3-8,10,18H,9,11-13H2,1-2H3/t18-/m0/s1. The first-order valence-electron chi connectivity index (χ1n) is 9.03. The highest BCUT2D eigenvalue weighted by Crippen LogP contribution is 2.31. The molecule has 0 radical (unpaired) electrons. The summed E-state index contributed by atoms with van der Waals surface area (Å²) in [5, 5.41) is 8.58. The smallest absolute Gasteiger partial charge is 0.229 e. The zero-order valence-electron chi connectivity index (χ0n) is 15.5. The minimum atomic E-state index is -0.157. The van der Waals surface area contributed by atoms with Gasteiger partial charge in [-0.25, -0.2) is 4.68 Å². The Morgan fingerprint density at radius 1 is 1.22 bits per heavy atom. The van der Waals surface area contributed by atoms with Crippen LogP contribution in [-0.4, -0.2) is 45.5 Å². The van der Waals surface area contributed by atoms with Crippen LogP contribution in [0.25, 0.3) is 5.69 Å². The molecule has 1 atom stereocenters. The summed E-state index contributed by atoms with van der Waals surface area (Å²) in [5.74, 6) is 0.0171. The first kappa shape index (κ1) is 17.5. The number of carbonyl (C=O) groups excluding carboxylic acids is 1. The van der Waals surface area contributed by atoms with Gasteiger partial charge in [-0.05, 0) is 26.0 Å². The number of morpholine rings is 1. The molecule has 0 aliphatic carbocycles. The van der Waals surface area contributed by atoms with Crippen molar-refractivity contribution in [3.8, 4) is 5.69 Å². The van der Waals surface area contributed by atoms with Crippen LogP contribution in [0.4, 0.5) is 0 Å². The van der Waals surface area contributed by atoms with E-state index in [-0.39, 0.29) is 18.4 Å². The van der Waals surface area contributed by atoms with E-state index in [1.54, 1.807) is 6.07 Å². The molecule has 3 aromatic rings. The number of carbonyl (C=O) groups is 1. The third kappa shape index (κ3) is 3.38. The van der Waals surface area contributed by atoms with Gasteiger partial charge in [0.25, 0.3) is 0 Å². The molecule has 1 aromatic carbocycles. The molecule has 1 saturated heterocycles. The first-order valence-corrected chi connectivity index (χ1v) is 9.03. The number of ether oxygens (including phenoxy) is 1. The molecule has 0 unspecified atom stereocenters. The number of aromatic nitrogens is 3. The summed E-state index contributed by atoms with van der Waals surface area (Å²) in [4.78, 5) is 14.8. The summed E-state index contributed by atoms with van der Waals surface area (Å²) in [6, 6.07) is 11.6. The van der Waals surface area contributed by atoms with Gasteiger partial charge < -0.3 is 14.2 Å². The highest BCUT2D eigenvalue weighted by molar-refractivity contribution is 5.79. The van der Waals surface area contributed by atoms with Crippen molar-refractivity contribution in [2.45, 2.75) is 26.3 Å². The van der Waals surface area contributed by atoms with E-state index in [0.717, 1.165) is 22.6 Å². The van der Waals surface area contributed by atoms with Crippen LogP contribution in [0.1, 0.15) is 28.7 Å². The van der Waals surface area contributed by atoms with Crippen molar-refractivity contribution in [1.82, 2.24) is 19.8 Å². The molecular formula is C20H22N4O3. The Labute approximate surface area is 157 Å². The molecule has 7 heteroatoms. The van der Waals surface area contributed by atoms with Crippen LogP contribution in [-0.2, 0) is 16.0 Å². The van der Waals surface area contributed by atoms with Gasteiger partial charge in [0.05, 0.1) is 42.8 Å². The first-order chi connectivity index (χ1) is 13.1. The Balaban J connectivity index is 1.66. The maximum atomic E-state index is 12.9. The SMILES string of the molecule is Cc1nn(-c2ccccc2)c(C)c1[C@@H]1COCCN1C(=O)Cc1ccon1. The van der Waals surface area contributed by atoms with Gasteiger partial charge in [-0.3, -0.25) is 4.79 Å². The fraction of sp³-hybridized carbons (Fsp3) is 0.350. The lowest BCUT2D eigenvalue weighted by Crippen LogP contribution is -2.44. The monoisotopic (exact) mass is 366 g/mol. The second-order valence-corrected chi connectivity index (χ2v) is 6.68. The zero-order chi connectivity index (χ0) is 18.8. The van der Waals surface area contributed by atoms with Crippen molar-refractivity contribution in [3.05, 3.63) is 65.3 Å². The number of para-hydroxylation sites is 1. The minimum Gasteiger partial charge on any atom is -0.377 e. The summed E-state index contributed by atoms with van der Waals surface area (Å²) < 4.78 is 12.5. The minimum absolute atomic E-state index is 0.0171. The van der Waals surface area contributed by atoms with E-state index >= 15 is 0 Å². The summed E-state index contributed by atoms with van der Waals surface area (Å²) in [5.41, 5.74) is 4.62. The van der Waals surface area contributed by atoms with E-state index in [1.807, 2.05) is 53.8 Å². The zero-order valence-corrected chi connectivity index (χ0v) is 15.5. The topological polar surface area (TPSA) is 73.4 Å². The molecule has 1 amide bonds. The molecule has 1 fully saturated rings. The van der Waals surface area contributed by atoms with Crippen molar-refractivity contribution in [2.24, 2.45) is 0 Å². The quantitative estimate of drug-likeness (QED) is 0.710. The molecule has 3 heterocycles. The molecule has 0 spiro atoms. The average molecular weight is 366 g/mol. The maximum Gasteiger partial charge on any atom is 0.229 e. The molecule has 140 valence electrons. The van der Waals surface area contributed by atoms with Crippen molar-refractivity contribution < 1.29 is 14.1 Å². The Kier molecular flexibility index (Phi) is 4.77. The number of hydrogen-bond donors (Lipinski definition) is 0. The molecule has 0 bridgehead atoms. The van der Waals surface area contributed by atoms with E-state index in [0.29, 0.717) is 25.5 Å². The predicted molar refractivity (Wildman–Crippen MR) is 98.5 cm³/mol. The maximum absolute atomic E-state index is 12.9. The number of rotatable bonds is 4. The van der Waals surface area contributed by atoms with Gasteiger partial charge in [0.15, 0.2) is 0 Å². The van der Waals surface area contributed by atoms with E-state index in [4.69, 9.17) is 14.4 Å². The molecule has 0 N–H and O–H groups in total. The van der Waals surface area contributed by atoms with Crippen LogP contribution in [0.3, 0.4) is 0 Å². The summed E-state index contributed by atoms with van der Waals surface area (Å²) in [6.07, 6.45) is 1.70. The van der Waals surface area contributed by atoms with Crippen LogP contribution in [0.15, 0.2) is 47.2 Å². The predicted octanol–water partition coefficient (Wildman–Crippen LogP) is 2.62. The van der Waals surface area contributed by atoms with Crippen LogP contribution in [0.2, 0.25) is 0 Å². The van der Waals surface area contributed by atoms with Gasteiger partial charge in [0.2, 0.25) is 5.91 Å². The largest absolute Gasteiger partial charge is 0.377 e. The lowest BCUT2D eigenvalue weighted by atomic mass is 10.0. The Hall–Kier alpha value is -2.93. The second-order valence-electron chi connectivity index (χ2n) is 6.68. The van der Waals surface area contributed by atoms with E-state index in [1.165, 1.54) is 6.26 Å². The van der Waals surface area contributed by atoms with Crippen LogP contribution < -0.4 is 0 Å². The molecule has 4 rings (SSSR count). The Bertz CT molecular complexity index is 918. The molecule has 0 saturated carbocycles. The summed E-state index contributed by atoms with van der Waals surface area (Å²) in [7, 11) is 0. The number of benzene rings is 1. The van der Waals surface area contributed by atoms with Crippen molar-refractivity contribution >= 4 is 5.91 Å². The Morgan fingerprint density at radius 3 is 2.78 bits per heavy atom. The molecular weight excluding hydrogens is 344 g/mol. The summed E-state index contributed by atoms with van der Waals surface area (Å²) in [6.45, 7) is 5.57. The number of hydrogen-bond acceptors (Lipinski definition) is 5. The lowest BCUT2D eigenvalue weighted by Gasteiger charge is -2.36. The second kappa shape index (κ2) is 7.36. The van der Waals surface area contributed by atoms with Gasteiger partial charge in [-0.1, -0.05) is 23.4 Å². The average Bonchev–Trinajstić information content (AvgIpc) is 3.30. The highest BCUT2D eigenvalue weighted by Gasteiger charge is 2.33. The molecule has 7 nitrogen and oxygen atoms in total. The molecule has 27 heavy (non-hydrogen) atoms. The third-order valence-electron chi connectivity index (χ3n) is 4.95. The lowest BCUT2D eigenvalue weighted by molar-refractivity contribution is -0.139. The number of nitrogens with zero attached hydrogens (tertiary/aromatic N) is 4. The highest BCUT2D eigenvalue weighted by atomic mass is 16.5. The normalized spacial score (nSPS) is 17.3. The fourth-order valence-electron chi connectivity index (χ4n) is 3.68. The van der Waals surface area contributed by atoms with Gasteiger partial charge in [-0.2, -0.15) is 5.10 Å². The van der Waals surface area contributed by atoms with Crippen LogP contribution in [0.5, 0.6) is 0 Å². The number of amides is 1. The Morgan fingerprint density at radius 2 is 2.04 bits per heavy atom. The van der Waals surface area contributed by atoms with Crippen LogP contribution >= 0.6 is 0 Å². The molecule has 1 aliphatic rings. The van der Waals surface area contributed by atoms with Crippen molar-refractivity contribution in [1.29, 1.82) is 0 Å². The van der Waals surface area contributed by atoms with Gasteiger partial charge >= 0.3 is 0 Å². The van der Waals surface area contributed by atoms with Crippen molar-refractivity contribution in [2.75, 3.05) is 19.8 Å². The van der Waals surface area contributed by atoms with E-state index in [9.17, 15) is 4.79 Å². The summed E-state index contributed by atoms with van der Waals surface area (Å²) >= 11 is 0. The van der Waals surface area contributed by atoms with Gasteiger partial charge in [-0.15, -0.1) is 0 Å². The van der Waals surface area contributed by atoms with Gasteiger partial charge in [0, 0.05) is 23.9 Å². The van der Waals surface area contributed by atoms with E-state index < -0.39 is 0 Å². The molecule has 2 aromatic heterocycles.